The summed E-state index contributed by atoms with van der Waals surface area (Å²) < 4.78 is 1.61. The molecule has 78 valence electrons. The van der Waals surface area contributed by atoms with Crippen molar-refractivity contribution in [1.82, 2.24) is 9.78 Å². The summed E-state index contributed by atoms with van der Waals surface area (Å²) in [5, 5.41) is 14.9. The molecule has 5 nitrogen and oxygen atoms in total. The first-order chi connectivity index (χ1) is 6.60. The van der Waals surface area contributed by atoms with Gasteiger partial charge in [0, 0.05) is 12.5 Å². The van der Waals surface area contributed by atoms with Gasteiger partial charge in [-0.1, -0.05) is 13.8 Å². The molecule has 0 amide bonds. The third kappa shape index (κ3) is 1.92. The Labute approximate surface area is 82.9 Å². The predicted octanol–water partition coefficient (Wildman–Crippen LogP) is 2.32. The molecule has 1 aromatic heterocycles. The molecule has 0 bridgehead atoms. The maximum Gasteiger partial charge on any atom is 0.310 e. The summed E-state index contributed by atoms with van der Waals surface area (Å²) in [7, 11) is 0. The first kappa shape index (κ1) is 10.7. The zero-order valence-corrected chi connectivity index (χ0v) is 8.73. The van der Waals surface area contributed by atoms with E-state index in [1.165, 1.54) is 6.20 Å². The van der Waals surface area contributed by atoms with Gasteiger partial charge in [0.25, 0.3) is 0 Å². The van der Waals surface area contributed by atoms with Crippen molar-refractivity contribution >= 4 is 5.69 Å². The molecule has 1 aromatic rings. The van der Waals surface area contributed by atoms with E-state index in [0.717, 1.165) is 6.42 Å². The van der Waals surface area contributed by atoms with E-state index < -0.39 is 0 Å². The average molecular weight is 197 g/mol. The lowest BCUT2D eigenvalue weighted by molar-refractivity contribution is -0.385. The molecule has 1 unspecified atom stereocenters. The van der Waals surface area contributed by atoms with Gasteiger partial charge in [0.15, 0.2) is 0 Å². The lowest BCUT2D eigenvalue weighted by Gasteiger charge is -2.02. The van der Waals surface area contributed by atoms with Crippen LogP contribution in [-0.4, -0.2) is 14.7 Å². The Balaban J connectivity index is 3.12. The second-order valence-electron chi connectivity index (χ2n) is 3.32. The molecule has 0 fully saturated rings. The fraction of sp³-hybridized carbons (Fsp3) is 0.667. The molecular formula is C9H15N3O2. The minimum Gasteiger partial charge on any atom is -0.266 e. The number of rotatable bonds is 4. The van der Waals surface area contributed by atoms with Crippen LogP contribution in [0.4, 0.5) is 5.69 Å². The van der Waals surface area contributed by atoms with E-state index in [2.05, 4.69) is 5.10 Å². The molecule has 0 aromatic carbocycles. The summed E-state index contributed by atoms with van der Waals surface area (Å²) in [5.74, 6) is 0.142. The van der Waals surface area contributed by atoms with Crippen LogP contribution in [0.2, 0.25) is 0 Å². The molecule has 1 heterocycles. The molecule has 0 N–H and O–H groups in total. The van der Waals surface area contributed by atoms with Crippen molar-refractivity contribution in [3.63, 3.8) is 0 Å². The zero-order valence-electron chi connectivity index (χ0n) is 8.73. The highest BCUT2D eigenvalue weighted by molar-refractivity contribution is 5.34. The highest BCUT2D eigenvalue weighted by atomic mass is 16.6. The Hall–Kier alpha value is -1.39. The predicted molar refractivity (Wildman–Crippen MR) is 53.3 cm³/mol. The Bertz CT molecular complexity index is 333. The zero-order chi connectivity index (χ0) is 10.7. The molecular weight excluding hydrogens is 182 g/mol. The van der Waals surface area contributed by atoms with Crippen molar-refractivity contribution in [2.45, 2.75) is 39.7 Å². The van der Waals surface area contributed by atoms with Crippen LogP contribution >= 0.6 is 0 Å². The number of nitro groups is 1. The summed E-state index contributed by atoms with van der Waals surface area (Å²) in [6, 6.07) is 0. The van der Waals surface area contributed by atoms with E-state index >= 15 is 0 Å². The van der Waals surface area contributed by atoms with Gasteiger partial charge in [-0.15, -0.1) is 0 Å². The van der Waals surface area contributed by atoms with Gasteiger partial charge in [-0.25, -0.2) is 0 Å². The first-order valence-electron chi connectivity index (χ1n) is 4.81. The van der Waals surface area contributed by atoms with Gasteiger partial charge >= 0.3 is 5.69 Å². The van der Waals surface area contributed by atoms with Gasteiger partial charge in [-0.3, -0.25) is 14.8 Å². The van der Waals surface area contributed by atoms with Crippen LogP contribution < -0.4 is 0 Å². The van der Waals surface area contributed by atoms with Crippen LogP contribution in [0.1, 0.15) is 38.8 Å². The standard InChI is InChI=1S/C9H15N3O2/c1-4-7(3)9-8(12(13)14)6-11(5-2)10-9/h6-7H,4-5H2,1-3H3. The maximum atomic E-state index is 10.7. The molecule has 0 radical (unpaired) electrons. The monoisotopic (exact) mass is 197 g/mol. The van der Waals surface area contributed by atoms with E-state index in [0.29, 0.717) is 12.2 Å². The normalized spacial score (nSPS) is 12.8. The second kappa shape index (κ2) is 4.21. The van der Waals surface area contributed by atoms with Crippen LogP contribution in [0.3, 0.4) is 0 Å². The number of hydrogen-bond acceptors (Lipinski definition) is 3. The van der Waals surface area contributed by atoms with E-state index in [4.69, 9.17) is 0 Å². The third-order valence-corrected chi connectivity index (χ3v) is 2.37. The van der Waals surface area contributed by atoms with Crippen molar-refractivity contribution in [3.05, 3.63) is 22.0 Å². The smallest absolute Gasteiger partial charge is 0.266 e. The van der Waals surface area contributed by atoms with E-state index in [9.17, 15) is 10.1 Å². The van der Waals surface area contributed by atoms with Gasteiger partial charge in [-0.05, 0) is 13.3 Å². The average Bonchev–Trinajstić information content (AvgIpc) is 2.60. The Morgan fingerprint density at radius 2 is 2.29 bits per heavy atom. The van der Waals surface area contributed by atoms with Crippen LogP contribution in [0.15, 0.2) is 6.20 Å². The summed E-state index contributed by atoms with van der Waals surface area (Å²) in [6.07, 6.45) is 2.36. The lowest BCUT2D eigenvalue weighted by atomic mass is 10.0. The number of aryl methyl sites for hydroxylation is 1. The molecule has 1 rings (SSSR count). The van der Waals surface area contributed by atoms with Crippen molar-refractivity contribution < 1.29 is 4.92 Å². The Morgan fingerprint density at radius 1 is 1.64 bits per heavy atom. The van der Waals surface area contributed by atoms with Crippen LogP contribution in [0, 0.1) is 10.1 Å². The quantitative estimate of drug-likeness (QED) is 0.549. The topological polar surface area (TPSA) is 61.0 Å². The molecule has 0 spiro atoms. The molecule has 5 heteroatoms. The number of hydrogen-bond donors (Lipinski definition) is 0. The second-order valence-corrected chi connectivity index (χ2v) is 3.32. The van der Waals surface area contributed by atoms with Crippen LogP contribution in [0.25, 0.3) is 0 Å². The minimum atomic E-state index is -0.360. The van der Waals surface area contributed by atoms with Crippen molar-refractivity contribution in [2.75, 3.05) is 0 Å². The Kier molecular flexibility index (Phi) is 3.22. The molecule has 0 saturated carbocycles. The van der Waals surface area contributed by atoms with Gasteiger partial charge < -0.3 is 0 Å². The van der Waals surface area contributed by atoms with Crippen molar-refractivity contribution in [3.8, 4) is 0 Å². The van der Waals surface area contributed by atoms with E-state index in [1.54, 1.807) is 4.68 Å². The first-order valence-corrected chi connectivity index (χ1v) is 4.81. The number of aromatic nitrogens is 2. The molecule has 1 atom stereocenters. The minimum absolute atomic E-state index is 0.140. The number of nitrogens with zero attached hydrogens (tertiary/aromatic N) is 3. The summed E-state index contributed by atoms with van der Waals surface area (Å²) in [6.45, 7) is 6.53. The lowest BCUT2D eigenvalue weighted by Crippen LogP contribution is -1.99. The van der Waals surface area contributed by atoms with Crippen molar-refractivity contribution in [1.29, 1.82) is 0 Å². The van der Waals surface area contributed by atoms with Gasteiger partial charge in [0.2, 0.25) is 0 Å². The fourth-order valence-corrected chi connectivity index (χ4v) is 1.27. The van der Waals surface area contributed by atoms with Gasteiger partial charge in [0.05, 0.1) is 4.92 Å². The third-order valence-electron chi connectivity index (χ3n) is 2.37. The van der Waals surface area contributed by atoms with Crippen LogP contribution in [0.5, 0.6) is 0 Å². The molecule has 0 saturated heterocycles. The highest BCUT2D eigenvalue weighted by Gasteiger charge is 2.22. The Morgan fingerprint density at radius 3 is 2.71 bits per heavy atom. The largest absolute Gasteiger partial charge is 0.310 e. The molecule has 0 aliphatic carbocycles. The summed E-state index contributed by atoms with van der Waals surface area (Å²) in [5.41, 5.74) is 0.737. The summed E-state index contributed by atoms with van der Waals surface area (Å²) >= 11 is 0. The summed E-state index contributed by atoms with van der Waals surface area (Å²) in [4.78, 5) is 10.4. The molecule has 14 heavy (non-hydrogen) atoms. The van der Waals surface area contributed by atoms with Crippen molar-refractivity contribution in [2.24, 2.45) is 0 Å². The van der Waals surface area contributed by atoms with Gasteiger partial charge in [0.1, 0.15) is 11.9 Å². The van der Waals surface area contributed by atoms with E-state index in [1.807, 2.05) is 20.8 Å². The van der Waals surface area contributed by atoms with Crippen LogP contribution in [-0.2, 0) is 6.54 Å². The SMILES string of the molecule is CCC(C)c1nn(CC)cc1[N+](=O)[O-]. The molecule has 0 aliphatic rings. The van der Waals surface area contributed by atoms with E-state index in [-0.39, 0.29) is 16.5 Å². The highest BCUT2D eigenvalue weighted by Crippen LogP contribution is 2.26. The molecule has 0 aliphatic heterocycles. The fourth-order valence-electron chi connectivity index (χ4n) is 1.27. The van der Waals surface area contributed by atoms with Gasteiger partial charge in [-0.2, -0.15) is 5.10 Å². The maximum absolute atomic E-state index is 10.7.